The summed E-state index contributed by atoms with van der Waals surface area (Å²) in [7, 11) is 0. The minimum atomic E-state index is -0.370. The molecule has 0 spiro atoms. The van der Waals surface area contributed by atoms with E-state index in [-0.39, 0.29) is 57.7 Å². The average Bonchev–Trinajstić information content (AvgIpc) is 3.63. The van der Waals surface area contributed by atoms with Gasteiger partial charge in [0.25, 0.3) is 0 Å². The molecule has 5 fully saturated rings. The normalized spacial score (nSPS) is 47.6. The molecule has 0 radical (unpaired) electrons. The zero-order valence-corrected chi connectivity index (χ0v) is 33.4. The molecule has 0 aromatic rings. The number of hydrogen-bond donors (Lipinski definition) is 2. The molecule has 5 saturated carbocycles. The molecule has 9 heteroatoms. The molecule has 6 aliphatic carbocycles. The SMILES string of the molecule is CC(=O)CCC(C)C1CCC2C3C(O)CC4CC(OC(=O)C5CC6C=CC5C6)CCC4(C)C3CC(O)C12C.[I][V]([I])[I]. The number of carbonyl (C=O) groups is 2. The zero-order valence-electron chi connectivity index (χ0n) is 25.6. The van der Waals surface area contributed by atoms with Crippen LogP contribution in [-0.4, -0.2) is 40.3 Å². The Kier molecular flexibility index (Phi) is 11.6. The van der Waals surface area contributed by atoms with Gasteiger partial charge in [0.15, 0.2) is 0 Å². The summed E-state index contributed by atoms with van der Waals surface area (Å²) >= 11 is 7.39. The van der Waals surface area contributed by atoms with Crippen molar-refractivity contribution in [1.82, 2.24) is 0 Å². The third-order valence-corrected chi connectivity index (χ3v) is 13.3. The van der Waals surface area contributed by atoms with Crippen molar-refractivity contribution in [3.8, 4) is 0 Å². The van der Waals surface area contributed by atoms with Crippen molar-refractivity contribution in [1.29, 1.82) is 0 Å². The van der Waals surface area contributed by atoms with Crippen LogP contribution in [0.3, 0.4) is 0 Å². The van der Waals surface area contributed by atoms with Crippen LogP contribution in [0.1, 0.15) is 98.3 Å². The summed E-state index contributed by atoms with van der Waals surface area (Å²) in [4.78, 5) is 24.4. The van der Waals surface area contributed by atoms with Gasteiger partial charge < -0.3 is 19.7 Å². The Labute approximate surface area is 291 Å². The van der Waals surface area contributed by atoms with Gasteiger partial charge in [0, 0.05) is 6.42 Å². The quantitative estimate of drug-likeness (QED) is 0.159. The second-order valence-electron chi connectivity index (χ2n) is 15.2. The van der Waals surface area contributed by atoms with Gasteiger partial charge in [-0.25, -0.2) is 0 Å². The van der Waals surface area contributed by atoms with Crippen molar-refractivity contribution in [3.63, 3.8) is 0 Å². The van der Waals surface area contributed by atoms with Gasteiger partial charge in [0.2, 0.25) is 0 Å². The van der Waals surface area contributed by atoms with Crippen LogP contribution >= 0.6 is 59.9 Å². The number of hydrogen-bond acceptors (Lipinski definition) is 5. The van der Waals surface area contributed by atoms with Gasteiger partial charge in [-0.2, -0.15) is 0 Å². The molecule has 0 aliphatic heterocycles. The number of ketones is 1. The van der Waals surface area contributed by atoms with Crippen LogP contribution in [0.15, 0.2) is 12.2 Å². The molecule has 2 N–H and O–H groups in total. The number of Topliss-reactive ketones (excluding diaryl/α,β-unsaturated/α-hetero) is 1. The predicted octanol–water partition coefficient (Wildman–Crippen LogP) is 8.37. The Hall–Kier alpha value is 1.57. The van der Waals surface area contributed by atoms with Gasteiger partial charge in [0.1, 0.15) is 11.9 Å². The maximum absolute atomic E-state index is 13.1. The number of esters is 1. The van der Waals surface area contributed by atoms with Crippen LogP contribution < -0.4 is 0 Å². The molecular weight excluding hydrogens is 908 g/mol. The number of fused-ring (bicyclic) bond motifs is 7. The minimum absolute atomic E-state index is 0.00410. The molecule has 238 valence electrons. The Morgan fingerprint density at radius 1 is 1.00 bits per heavy atom. The molecule has 0 amide bonds. The first kappa shape index (κ1) is 34.9. The number of ether oxygens (including phenoxy) is 1. The van der Waals surface area contributed by atoms with Crippen molar-refractivity contribution in [2.24, 2.45) is 64.1 Å². The van der Waals surface area contributed by atoms with Crippen LogP contribution in [0.25, 0.3) is 0 Å². The van der Waals surface area contributed by atoms with Crippen LogP contribution in [-0.2, 0) is 19.2 Å². The fourth-order valence-electron chi connectivity index (χ4n) is 11.2. The van der Waals surface area contributed by atoms with E-state index in [1.165, 1.54) is 0 Å². The van der Waals surface area contributed by atoms with Gasteiger partial charge in [-0.15, -0.1) is 0 Å². The maximum atomic E-state index is 13.1. The summed E-state index contributed by atoms with van der Waals surface area (Å²) < 4.78 is 6.15. The van der Waals surface area contributed by atoms with Gasteiger partial charge in [0.05, 0.1) is 18.1 Å². The number of allylic oxidation sites excluding steroid dienone is 2. The summed E-state index contributed by atoms with van der Waals surface area (Å²) in [6, 6.07) is 0. The van der Waals surface area contributed by atoms with E-state index in [4.69, 9.17) is 4.74 Å². The van der Waals surface area contributed by atoms with Crippen molar-refractivity contribution < 1.29 is 29.5 Å². The Morgan fingerprint density at radius 2 is 1.71 bits per heavy atom. The first-order valence-corrected chi connectivity index (χ1v) is 29.8. The second kappa shape index (κ2) is 14.0. The monoisotopic (exact) mass is 958 g/mol. The van der Waals surface area contributed by atoms with Crippen molar-refractivity contribution >= 4 is 71.7 Å². The molecular formula is C33H50I3O5V. The third kappa shape index (κ3) is 6.77. The van der Waals surface area contributed by atoms with Gasteiger partial charge in [-0.1, -0.05) is 32.9 Å². The molecule has 0 aromatic heterocycles. The number of halogens is 3. The van der Waals surface area contributed by atoms with Gasteiger partial charge >= 0.3 is 70.8 Å². The topological polar surface area (TPSA) is 83.8 Å². The Morgan fingerprint density at radius 3 is 2.33 bits per heavy atom. The third-order valence-electron chi connectivity index (χ3n) is 13.3. The van der Waals surface area contributed by atoms with Crippen molar-refractivity contribution in [3.05, 3.63) is 12.2 Å². The van der Waals surface area contributed by atoms with Crippen LogP contribution in [0.2, 0.25) is 0 Å². The fraction of sp³-hybridized carbons (Fsp3) is 0.879. The fourth-order valence-corrected chi connectivity index (χ4v) is 11.2. The van der Waals surface area contributed by atoms with Crippen molar-refractivity contribution in [2.75, 3.05) is 0 Å². The molecule has 42 heavy (non-hydrogen) atoms. The molecule has 14 atom stereocenters. The van der Waals surface area contributed by atoms with E-state index in [0.29, 0.717) is 47.8 Å². The molecule has 5 nitrogen and oxygen atoms in total. The summed E-state index contributed by atoms with van der Waals surface area (Å²) in [5.74, 6) is 3.22. The molecule has 6 aliphatic rings. The molecule has 0 heterocycles. The summed E-state index contributed by atoms with van der Waals surface area (Å²) in [5.41, 5.74) is -0.119. The van der Waals surface area contributed by atoms with Crippen LogP contribution in [0.4, 0.5) is 0 Å². The predicted molar refractivity (Wildman–Crippen MR) is 188 cm³/mol. The number of rotatable bonds is 6. The van der Waals surface area contributed by atoms with E-state index in [2.05, 4.69) is 92.9 Å². The summed E-state index contributed by atoms with van der Waals surface area (Å²) in [6.07, 6.45) is 13.8. The first-order valence-electron chi connectivity index (χ1n) is 16.3. The van der Waals surface area contributed by atoms with E-state index in [1.807, 2.05) is 0 Å². The van der Waals surface area contributed by atoms with E-state index >= 15 is 0 Å². The number of aliphatic hydroxyl groups excluding tert-OH is 2. The van der Waals surface area contributed by atoms with Gasteiger partial charge in [-0.3, -0.25) is 4.79 Å². The van der Waals surface area contributed by atoms with E-state index in [1.54, 1.807) is 6.92 Å². The standard InChI is InChI=1S/C33H50O5.3HI.V/c1-18(5-6-19(2)34)25-9-10-26-30-27(17-29(36)33(25,26)4)32(3)12-11-23(15-22(32)16-28(30)35)38-31(37)24-14-20-7-8-21(24)13-20;;;;/h7-8,18,20-30,35-36H,5-6,9-17H2,1-4H3;3*1H;/q;;;;+3/p-3. The number of carbonyl (C=O) groups excluding carboxylic acids is 2. The Balaban J connectivity index is 0.000000830. The van der Waals surface area contributed by atoms with E-state index < -0.39 is 0 Å². The van der Waals surface area contributed by atoms with Crippen LogP contribution in [0, 0.1) is 64.1 Å². The van der Waals surface area contributed by atoms with Crippen LogP contribution in [0.5, 0.6) is 0 Å². The zero-order chi connectivity index (χ0) is 30.6. The van der Waals surface area contributed by atoms with E-state index in [0.717, 1.165) is 64.2 Å². The first-order chi connectivity index (χ1) is 19.7. The molecule has 0 saturated heterocycles. The van der Waals surface area contributed by atoms with E-state index in [9.17, 15) is 19.8 Å². The molecule has 2 bridgehead atoms. The number of aliphatic hydroxyl groups is 2. The van der Waals surface area contributed by atoms with Crippen molar-refractivity contribution in [2.45, 2.75) is 117 Å². The summed E-state index contributed by atoms with van der Waals surface area (Å²) in [5, 5.41) is 23.5. The Bertz CT molecular complexity index is 1040. The molecule has 14 unspecified atom stereocenters. The molecule has 6 rings (SSSR count). The average molecular weight is 958 g/mol. The molecule has 0 aromatic carbocycles. The summed E-state index contributed by atoms with van der Waals surface area (Å²) in [6.45, 7) is 8.65. The second-order valence-corrected chi connectivity index (χ2v) is 50.6. The van der Waals surface area contributed by atoms with Gasteiger partial charge in [-0.05, 0) is 129 Å².